The van der Waals surface area contributed by atoms with Gasteiger partial charge >= 0.3 is 0 Å². The van der Waals surface area contributed by atoms with Crippen LogP contribution in [0.3, 0.4) is 0 Å². The summed E-state index contributed by atoms with van der Waals surface area (Å²) in [6.07, 6.45) is 1.55. The van der Waals surface area contributed by atoms with Crippen molar-refractivity contribution < 1.29 is 14.6 Å². The number of anilines is 1. The second-order valence-electron chi connectivity index (χ2n) is 5.48. The van der Waals surface area contributed by atoms with Crippen LogP contribution in [0, 0.1) is 0 Å². The number of unbranched alkanes of at least 4 members (excludes halogenated alkanes) is 1. The molecule has 2 aromatic carbocycles. The Labute approximate surface area is 137 Å². The monoisotopic (exact) mass is 313 g/mol. The molecule has 1 unspecified atom stereocenters. The number of benzene rings is 2. The largest absolute Gasteiger partial charge is 0.494 e. The molecule has 0 spiro atoms. The van der Waals surface area contributed by atoms with Gasteiger partial charge in [0, 0.05) is 11.3 Å². The van der Waals surface area contributed by atoms with Crippen LogP contribution in [0.5, 0.6) is 5.75 Å². The second-order valence-corrected chi connectivity index (χ2v) is 5.48. The van der Waals surface area contributed by atoms with Crippen LogP contribution in [-0.2, 0) is 0 Å². The average molecular weight is 313 g/mol. The van der Waals surface area contributed by atoms with Gasteiger partial charge in [-0.1, -0.05) is 31.5 Å². The maximum absolute atomic E-state index is 12.3. The van der Waals surface area contributed by atoms with Crippen LogP contribution in [0.1, 0.15) is 48.7 Å². The average Bonchev–Trinajstić information content (AvgIpc) is 2.56. The van der Waals surface area contributed by atoms with Gasteiger partial charge < -0.3 is 15.2 Å². The Hall–Kier alpha value is -2.33. The van der Waals surface area contributed by atoms with Crippen molar-refractivity contribution >= 4 is 11.6 Å². The van der Waals surface area contributed by atoms with E-state index in [2.05, 4.69) is 12.2 Å². The maximum atomic E-state index is 12.3. The summed E-state index contributed by atoms with van der Waals surface area (Å²) in [5.41, 5.74) is 2.06. The Morgan fingerprint density at radius 3 is 2.61 bits per heavy atom. The number of carbonyl (C=O) groups is 1. The first-order chi connectivity index (χ1) is 11.1. The van der Waals surface area contributed by atoms with E-state index in [4.69, 9.17) is 4.74 Å². The minimum absolute atomic E-state index is 0.185. The standard InChI is InChI=1S/C19H23NO3/c1-3-4-12-23-18-7-5-6-16(13-18)19(22)20-17-10-8-15(9-11-17)14(2)21/h5-11,13-14,21H,3-4,12H2,1-2H3,(H,20,22). The van der Waals surface area contributed by atoms with Gasteiger partial charge in [-0.3, -0.25) is 4.79 Å². The van der Waals surface area contributed by atoms with Crippen molar-refractivity contribution in [2.24, 2.45) is 0 Å². The van der Waals surface area contributed by atoms with Crippen LogP contribution in [0.15, 0.2) is 48.5 Å². The molecule has 0 aliphatic carbocycles. The van der Waals surface area contributed by atoms with Crippen molar-refractivity contribution in [1.82, 2.24) is 0 Å². The third kappa shape index (κ3) is 5.11. The van der Waals surface area contributed by atoms with Gasteiger partial charge in [-0.25, -0.2) is 0 Å². The molecule has 23 heavy (non-hydrogen) atoms. The summed E-state index contributed by atoms with van der Waals surface area (Å²) in [7, 11) is 0. The zero-order chi connectivity index (χ0) is 16.7. The quantitative estimate of drug-likeness (QED) is 0.754. The normalized spacial score (nSPS) is 11.8. The van der Waals surface area contributed by atoms with Gasteiger partial charge in [-0.05, 0) is 49.2 Å². The molecule has 0 aliphatic heterocycles. The summed E-state index contributed by atoms with van der Waals surface area (Å²) in [6.45, 7) is 4.47. The topological polar surface area (TPSA) is 58.6 Å². The Morgan fingerprint density at radius 2 is 1.96 bits per heavy atom. The van der Waals surface area contributed by atoms with Crippen LogP contribution in [0.4, 0.5) is 5.69 Å². The fourth-order valence-electron chi connectivity index (χ4n) is 2.11. The van der Waals surface area contributed by atoms with Crippen molar-refractivity contribution in [3.63, 3.8) is 0 Å². The van der Waals surface area contributed by atoms with E-state index in [9.17, 15) is 9.90 Å². The highest BCUT2D eigenvalue weighted by Crippen LogP contribution is 2.18. The lowest BCUT2D eigenvalue weighted by Crippen LogP contribution is -2.12. The summed E-state index contributed by atoms with van der Waals surface area (Å²) in [5, 5.41) is 12.3. The third-order valence-electron chi connectivity index (χ3n) is 3.51. The molecule has 4 nitrogen and oxygen atoms in total. The van der Waals surface area contributed by atoms with Crippen LogP contribution < -0.4 is 10.1 Å². The highest BCUT2D eigenvalue weighted by molar-refractivity contribution is 6.04. The van der Waals surface area contributed by atoms with E-state index in [0.717, 1.165) is 18.4 Å². The van der Waals surface area contributed by atoms with E-state index in [1.807, 2.05) is 12.1 Å². The summed E-state index contributed by atoms with van der Waals surface area (Å²) in [6, 6.07) is 14.3. The molecule has 0 aliphatic rings. The number of aliphatic hydroxyl groups excluding tert-OH is 1. The van der Waals surface area contributed by atoms with Gasteiger partial charge in [0.25, 0.3) is 5.91 Å². The first kappa shape index (κ1) is 17.0. The summed E-state index contributed by atoms with van der Waals surface area (Å²) < 4.78 is 5.62. The number of nitrogens with one attached hydrogen (secondary N) is 1. The molecule has 0 saturated heterocycles. The molecule has 0 bridgehead atoms. The molecule has 2 aromatic rings. The molecular formula is C19H23NO3. The maximum Gasteiger partial charge on any atom is 0.255 e. The zero-order valence-corrected chi connectivity index (χ0v) is 13.6. The predicted molar refractivity (Wildman–Crippen MR) is 91.9 cm³/mol. The number of hydrogen-bond acceptors (Lipinski definition) is 3. The molecule has 4 heteroatoms. The van der Waals surface area contributed by atoms with Crippen molar-refractivity contribution in [3.05, 3.63) is 59.7 Å². The Morgan fingerprint density at radius 1 is 1.22 bits per heavy atom. The van der Waals surface area contributed by atoms with Crippen molar-refractivity contribution in [3.8, 4) is 5.75 Å². The Kier molecular flexibility index (Phi) is 6.18. The van der Waals surface area contributed by atoms with Crippen LogP contribution >= 0.6 is 0 Å². The molecule has 0 aromatic heterocycles. The molecule has 1 atom stereocenters. The molecular weight excluding hydrogens is 290 g/mol. The number of hydrogen-bond donors (Lipinski definition) is 2. The van der Waals surface area contributed by atoms with Crippen molar-refractivity contribution in [2.75, 3.05) is 11.9 Å². The molecule has 0 radical (unpaired) electrons. The molecule has 1 amide bonds. The van der Waals surface area contributed by atoms with Crippen molar-refractivity contribution in [2.45, 2.75) is 32.8 Å². The van der Waals surface area contributed by atoms with Crippen LogP contribution in [-0.4, -0.2) is 17.6 Å². The van der Waals surface area contributed by atoms with Gasteiger partial charge in [0.05, 0.1) is 12.7 Å². The third-order valence-corrected chi connectivity index (χ3v) is 3.51. The molecule has 0 fully saturated rings. The first-order valence-electron chi connectivity index (χ1n) is 7.92. The highest BCUT2D eigenvalue weighted by Gasteiger charge is 2.08. The van der Waals surface area contributed by atoms with E-state index >= 15 is 0 Å². The number of aliphatic hydroxyl groups is 1. The smallest absolute Gasteiger partial charge is 0.255 e. The lowest BCUT2D eigenvalue weighted by molar-refractivity contribution is 0.102. The second kappa shape index (κ2) is 8.34. The van der Waals surface area contributed by atoms with Crippen LogP contribution in [0.2, 0.25) is 0 Å². The van der Waals surface area contributed by atoms with Crippen molar-refractivity contribution in [1.29, 1.82) is 0 Å². The zero-order valence-electron chi connectivity index (χ0n) is 13.6. The van der Waals surface area contributed by atoms with Gasteiger partial charge in [0.2, 0.25) is 0 Å². The van der Waals surface area contributed by atoms with Crippen LogP contribution in [0.25, 0.3) is 0 Å². The fourth-order valence-corrected chi connectivity index (χ4v) is 2.11. The van der Waals surface area contributed by atoms with E-state index < -0.39 is 6.10 Å². The van der Waals surface area contributed by atoms with Gasteiger partial charge in [0.1, 0.15) is 5.75 Å². The Bertz CT molecular complexity index is 635. The van der Waals surface area contributed by atoms with Gasteiger partial charge in [-0.2, -0.15) is 0 Å². The minimum atomic E-state index is -0.517. The van der Waals surface area contributed by atoms with E-state index in [-0.39, 0.29) is 5.91 Å². The van der Waals surface area contributed by atoms with Gasteiger partial charge in [-0.15, -0.1) is 0 Å². The molecule has 0 heterocycles. The van der Waals surface area contributed by atoms with Gasteiger partial charge in [0.15, 0.2) is 0 Å². The SMILES string of the molecule is CCCCOc1cccc(C(=O)Nc2ccc(C(C)O)cc2)c1. The molecule has 2 rings (SSSR count). The summed E-state index contributed by atoms with van der Waals surface area (Å²) in [4.78, 5) is 12.3. The molecule has 2 N–H and O–H groups in total. The first-order valence-corrected chi connectivity index (χ1v) is 7.92. The molecule has 0 saturated carbocycles. The van der Waals surface area contributed by atoms with E-state index in [0.29, 0.717) is 23.6 Å². The number of amides is 1. The minimum Gasteiger partial charge on any atom is -0.494 e. The predicted octanol–water partition coefficient (Wildman–Crippen LogP) is 4.17. The summed E-state index contributed by atoms with van der Waals surface area (Å²) in [5.74, 6) is 0.520. The Balaban J connectivity index is 2.01. The molecule has 122 valence electrons. The lowest BCUT2D eigenvalue weighted by atomic mass is 10.1. The number of carbonyl (C=O) groups excluding carboxylic acids is 1. The lowest BCUT2D eigenvalue weighted by Gasteiger charge is -2.09. The highest BCUT2D eigenvalue weighted by atomic mass is 16.5. The summed E-state index contributed by atoms with van der Waals surface area (Å²) >= 11 is 0. The fraction of sp³-hybridized carbons (Fsp3) is 0.316. The van der Waals surface area contributed by atoms with E-state index in [1.165, 1.54) is 0 Å². The number of rotatable bonds is 7. The number of ether oxygens (including phenoxy) is 1. The van der Waals surface area contributed by atoms with E-state index in [1.54, 1.807) is 43.3 Å².